The van der Waals surface area contributed by atoms with Crippen molar-refractivity contribution in [1.82, 2.24) is 0 Å². The normalized spacial score (nSPS) is 24.2. The van der Waals surface area contributed by atoms with Crippen LogP contribution in [-0.4, -0.2) is 43.0 Å². The van der Waals surface area contributed by atoms with Crippen molar-refractivity contribution in [2.75, 3.05) is 13.7 Å². The van der Waals surface area contributed by atoms with Crippen LogP contribution in [0.5, 0.6) is 0 Å². The molecule has 2 saturated carbocycles. The molecule has 0 saturated heterocycles. The molecule has 0 heterocycles. The lowest BCUT2D eigenvalue weighted by Gasteiger charge is -2.19. The Labute approximate surface area is 215 Å². The number of ketones is 3. The van der Waals surface area contributed by atoms with E-state index in [-0.39, 0.29) is 29.7 Å². The molecule has 7 heteroatoms. The van der Waals surface area contributed by atoms with Gasteiger partial charge in [-0.1, -0.05) is 37.1 Å². The second-order valence-corrected chi connectivity index (χ2v) is 10.9. The number of methoxy groups -OCH3 is 1. The Balaban J connectivity index is 1.81. The van der Waals surface area contributed by atoms with Crippen molar-refractivity contribution >= 4 is 29.3 Å². The first kappa shape index (κ1) is 29.7. The van der Waals surface area contributed by atoms with Gasteiger partial charge >= 0.3 is 11.9 Å². The third-order valence-corrected chi connectivity index (χ3v) is 7.13. The lowest BCUT2D eigenvalue weighted by Crippen LogP contribution is -2.38. The van der Waals surface area contributed by atoms with Crippen LogP contribution in [-0.2, 0) is 33.4 Å². The van der Waals surface area contributed by atoms with E-state index >= 15 is 0 Å². The Morgan fingerprint density at radius 1 is 0.889 bits per heavy atom. The van der Waals surface area contributed by atoms with E-state index < -0.39 is 28.7 Å². The summed E-state index contributed by atoms with van der Waals surface area (Å²) in [5.74, 6) is -3.22. The highest BCUT2D eigenvalue weighted by atomic mass is 16.5. The smallest absolute Gasteiger partial charge is 0.311 e. The van der Waals surface area contributed by atoms with Gasteiger partial charge in [-0.25, -0.2) is 0 Å². The van der Waals surface area contributed by atoms with Gasteiger partial charge < -0.3 is 9.47 Å². The van der Waals surface area contributed by atoms with E-state index in [0.29, 0.717) is 32.3 Å². The third kappa shape index (κ3) is 8.52. The summed E-state index contributed by atoms with van der Waals surface area (Å²) in [7, 11) is 1.37. The van der Waals surface area contributed by atoms with Gasteiger partial charge in [-0.15, -0.1) is 0 Å². The monoisotopic (exact) mass is 502 g/mol. The van der Waals surface area contributed by atoms with Gasteiger partial charge in [0.15, 0.2) is 0 Å². The molecule has 4 atom stereocenters. The maximum Gasteiger partial charge on any atom is 0.311 e. The number of rotatable bonds is 14. The maximum atomic E-state index is 12.5. The van der Waals surface area contributed by atoms with E-state index in [1.165, 1.54) is 7.11 Å². The molecule has 200 valence electrons. The van der Waals surface area contributed by atoms with Crippen molar-refractivity contribution < 1.29 is 33.4 Å². The standard InChI is InChI=1S/C29H42O7/c1-29(2,3)28(34)36-18-14-10-6-5-7-11-15-20-21(16-12-8-9-13-17-24(30)35-4)23-19-22(20)25(31)27(33)26(23)32/h8,11-12,15,20-23H,5-7,9-10,13-14,16-19H2,1-4H3/t20-,21-,22-,23-/m1/s1. The molecule has 0 N–H and O–H groups in total. The predicted molar refractivity (Wildman–Crippen MR) is 136 cm³/mol. The number of hydrogen-bond donors (Lipinski definition) is 0. The minimum Gasteiger partial charge on any atom is -0.469 e. The number of ether oxygens (including phenoxy) is 2. The highest BCUT2D eigenvalue weighted by Gasteiger charge is 2.55. The number of fused-ring (bicyclic) bond motifs is 2. The van der Waals surface area contributed by atoms with E-state index in [1.807, 2.05) is 32.9 Å². The first-order chi connectivity index (χ1) is 17.1. The highest BCUT2D eigenvalue weighted by Crippen LogP contribution is 2.48. The van der Waals surface area contributed by atoms with Gasteiger partial charge in [0, 0.05) is 18.3 Å². The molecule has 0 aromatic rings. The Morgan fingerprint density at radius 2 is 1.56 bits per heavy atom. The Kier molecular flexibility index (Phi) is 11.7. The summed E-state index contributed by atoms with van der Waals surface area (Å²) in [4.78, 5) is 60.1. The zero-order valence-electron chi connectivity index (χ0n) is 22.3. The van der Waals surface area contributed by atoms with Crippen molar-refractivity contribution in [3.63, 3.8) is 0 Å². The second kappa shape index (κ2) is 14.2. The van der Waals surface area contributed by atoms with E-state index in [4.69, 9.17) is 4.74 Å². The first-order valence-electron chi connectivity index (χ1n) is 13.3. The van der Waals surface area contributed by atoms with E-state index in [1.54, 1.807) is 0 Å². The van der Waals surface area contributed by atoms with Crippen molar-refractivity contribution in [3.05, 3.63) is 24.3 Å². The summed E-state index contributed by atoms with van der Waals surface area (Å²) < 4.78 is 9.92. The summed E-state index contributed by atoms with van der Waals surface area (Å²) in [5.41, 5.74) is -0.474. The van der Waals surface area contributed by atoms with Crippen molar-refractivity contribution in [2.45, 2.75) is 85.0 Å². The van der Waals surface area contributed by atoms with Gasteiger partial charge in [-0.3, -0.25) is 24.0 Å². The van der Waals surface area contributed by atoms with Gasteiger partial charge in [-0.05, 0) is 77.6 Å². The molecular formula is C29H42O7. The quantitative estimate of drug-likeness (QED) is 0.143. The average molecular weight is 503 g/mol. The number of carbonyl (C=O) groups excluding carboxylic acids is 5. The molecule has 2 aliphatic carbocycles. The van der Waals surface area contributed by atoms with Crippen LogP contribution in [0.4, 0.5) is 0 Å². The molecule has 2 aliphatic rings. The fraction of sp³-hybridized carbons (Fsp3) is 0.690. The fourth-order valence-corrected chi connectivity index (χ4v) is 5.00. The molecule has 0 aromatic carbocycles. The van der Waals surface area contributed by atoms with Gasteiger partial charge in [-0.2, -0.15) is 0 Å². The van der Waals surface area contributed by atoms with Gasteiger partial charge in [0.25, 0.3) is 5.78 Å². The van der Waals surface area contributed by atoms with Crippen molar-refractivity contribution in [3.8, 4) is 0 Å². The number of hydrogen-bond acceptors (Lipinski definition) is 7. The minimum absolute atomic E-state index is 0.0523. The second-order valence-electron chi connectivity index (χ2n) is 10.9. The molecule has 0 aliphatic heterocycles. The van der Waals surface area contributed by atoms with Gasteiger partial charge in [0.1, 0.15) is 0 Å². The van der Waals surface area contributed by atoms with Crippen molar-refractivity contribution in [2.24, 2.45) is 29.1 Å². The number of allylic oxidation sites excluding steroid dienone is 4. The van der Waals surface area contributed by atoms with E-state index in [0.717, 1.165) is 38.5 Å². The third-order valence-electron chi connectivity index (χ3n) is 7.13. The highest BCUT2D eigenvalue weighted by molar-refractivity contribution is 6.65. The molecule has 0 spiro atoms. The zero-order valence-corrected chi connectivity index (χ0v) is 22.3. The molecule has 2 fully saturated rings. The Bertz CT molecular complexity index is 861. The van der Waals surface area contributed by atoms with Crippen LogP contribution in [0.1, 0.15) is 85.0 Å². The maximum absolute atomic E-state index is 12.5. The van der Waals surface area contributed by atoms with Crippen LogP contribution < -0.4 is 0 Å². The molecule has 0 aromatic heterocycles. The van der Waals surface area contributed by atoms with E-state index in [9.17, 15) is 24.0 Å². The summed E-state index contributed by atoms with van der Waals surface area (Å²) in [6, 6.07) is 0. The van der Waals surface area contributed by atoms with Crippen LogP contribution in [0.25, 0.3) is 0 Å². The SMILES string of the molecule is COC(=O)CCCC=CC[C@@H]1[C@@H](C=CCCCCCCOC(=O)C(C)(C)C)[C@H]2C[C@H]1C(=O)C(=O)C2=O. The molecule has 2 bridgehead atoms. The summed E-state index contributed by atoms with van der Waals surface area (Å²) in [6.45, 7) is 5.97. The molecule has 0 unspecified atom stereocenters. The summed E-state index contributed by atoms with van der Waals surface area (Å²) >= 11 is 0. The number of carbonyl (C=O) groups is 5. The summed E-state index contributed by atoms with van der Waals surface area (Å²) in [5, 5.41) is 0. The predicted octanol–water partition coefficient (Wildman–Crippen LogP) is 4.96. The Hall–Kier alpha value is -2.57. The lowest BCUT2D eigenvalue weighted by molar-refractivity contribution is -0.153. The van der Waals surface area contributed by atoms with Crippen molar-refractivity contribution in [1.29, 1.82) is 0 Å². The molecular weight excluding hydrogens is 460 g/mol. The number of esters is 2. The molecule has 7 nitrogen and oxygen atoms in total. The molecule has 2 rings (SSSR count). The fourth-order valence-electron chi connectivity index (χ4n) is 5.00. The van der Waals surface area contributed by atoms with Gasteiger partial charge in [0.2, 0.25) is 11.6 Å². The molecule has 0 amide bonds. The zero-order chi connectivity index (χ0) is 26.7. The topological polar surface area (TPSA) is 104 Å². The van der Waals surface area contributed by atoms with E-state index in [2.05, 4.69) is 16.9 Å². The Morgan fingerprint density at radius 3 is 2.25 bits per heavy atom. The van der Waals surface area contributed by atoms with Crippen LogP contribution in [0.2, 0.25) is 0 Å². The van der Waals surface area contributed by atoms with Crippen LogP contribution in [0.15, 0.2) is 24.3 Å². The minimum atomic E-state index is -0.827. The number of unbranched alkanes of at least 4 members (excludes halogenated alkanes) is 5. The largest absolute Gasteiger partial charge is 0.469 e. The first-order valence-corrected chi connectivity index (χ1v) is 13.3. The average Bonchev–Trinajstić information content (AvgIpc) is 3.17. The van der Waals surface area contributed by atoms with Crippen LogP contribution >= 0.6 is 0 Å². The van der Waals surface area contributed by atoms with Crippen LogP contribution in [0.3, 0.4) is 0 Å². The lowest BCUT2D eigenvalue weighted by atomic mass is 9.83. The number of Topliss-reactive ketones (excluding diaryl/α,β-unsaturated/α-hetero) is 3. The molecule has 36 heavy (non-hydrogen) atoms. The summed E-state index contributed by atoms with van der Waals surface area (Å²) in [6.07, 6.45) is 15.7. The molecule has 0 radical (unpaired) electrons. The van der Waals surface area contributed by atoms with Crippen LogP contribution in [0, 0.1) is 29.1 Å². The van der Waals surface area contributed by atoms with Gasteiger partial charge in [0.05, 0.1) is 19.1 Å².